The van der Waals surface area contributed by atoms with Crippen molar-refractivity contribution in [3.63, 3.8) is 0 Å². The maximum absolute atomic E-state index is 12.4. The highest BCUT2D eigenvalue weighted by atomic mass is 16.5. The molecule has 1 aromatic carbocycles. The monoisotopic (exact) mass is 290 g/mol. The smallest absolute Gasteiger partial charge is 0.320 e. The summed E-state index contributed by atoms with van der Waals surface area (Å²) in [5.41, 5.74) is 1.38. The Balaban J connectivity index is 1.47. The van der Waals surface area contributed by atoms with E-state index in [1.54, 1.807) is 4.90 Å². The zero-order chi connectivity index (χ0) is 14.5. The Morgan fingerprint density at radius 3 is 2.29 bits per heavy atom. The summed E-state index contributed by atoms with van der Waals surface area (Å²) >= 11 is 0. The number of amides is 2. The lowest BCUT2D eigenvalue weighted by atomic mass is 10.2. The van der Waals surface area contributed by atoms with Crippen LogP contribution >= 0.6 is 0 Å². The fourth-order valence-corrected chi connectivity index (χ4v) is 3.03. The molecule has 0 saturated carbocycles. The van der Waals surface area contributed by atoms with Crippen molar-refractivity contribution in [2.24, 2.45) is 0 Å². The van der Waals surface area contributed by atoms with E-state index >= 15 is 0 Å². The van der Waals surface area contributed by atoms with Gasteiger partial charge in [-0.15, -0.1) is 0 Å². The van der Waals surface area contributed by atoms with E-state index in [-0.39, 0.29) is 6.03 Å². The van der Waals surface area contributed by atoms with Crippen molar-refractivity contribution in [1.82, 2.24) is 9.80 Å². The third kappa shape index (κ3) is 3.74. The Labute approximate surface area is 126 Å². The van der Waals surface area contributed by atoms with Crippen LogP contribution in [0.2, 0.25) is 0 Å². The summed E-state index contributed by atoms with van der Waals surface area (Å²) < 4.78 is 5.30. The molecular formula is C16H24N3O2+. The Bertz CT molecular complexity index is 452. The average molecular weight is 290 g/mol. The van der Waals surface area contributed by atoms with Crippen LogP contribution in [0.1, 0.15) is 5.56 Å². The lowest BCUT2D eigenvalue weighted by Crippen LogP contribution is -3.13. The van der Waals surface area contributed by atoms with Crippen molar-refractivity contribution in [2.45, 2.75) is 6.54 Å². The highest BCUT2D eigenvalue weighted by molar-refractivity contribution is 5.74. The maximum Gasteiger partial charge on any atom is 0.320 e. The van der Waals surface area contributed by atoms with Gasteiger partial charge in [-0.3, -0.25) is 0 Å². The molecule has 0 aromatic heterocycles. The zero-order valence-corrected chi connectivity index (χ0v) is 12.5. The van der Waals surface area contributed by atoms with Crippen molar-refractivity contribution in [1.29, 1.82) is 0 Å². The molecule has 2 aliphatic heterocycles. The van der Waals surface area contributed by atoms with Crippen LogP contribution in [0.15, 0.2) is 30.3 Å². The van der Waals surface area contributed by atoms with Gasteiger partial charge in [0.05, 0.1) is 39.4 Å². The second kappa shape index (κ2) is 6.91. The van der Waals surface area contributed by atoms with E-state index in [0.717, 1.165) is 45.8 Å². The molecule has 0 spiro atoms. The number of nitrogens with zero attached hydrogens (tertiary/aromatic N) is 2. The van der Waals surface area contributed by atoms with E-state index in [1.165, 1.54) is 5.56 Å². The normalized spacial score (nSPS) is 20.6. The first-order valence-corrected chi connectivity index (χ1v) is 7.82. The summed E-state index contributed by atoms with van der Waals surface area (Å²) in [6, 6.07) is 10.8. The van der Waals surface area contributed by atoms with Gasteiger partial charge >= 0.3 is 6.03 Å². The van der Waals surface area contributed by atoms with Gasteiger partial charge in [-0.1, -0.05) is 30.3 Å². The minimum absolute atomic E-state index is 0.192. The molecule has 2 amide bonds. The summed E-state index contributed by atoms with van der Waals surface area (Å²) in [7, 11) is 0. The molecule has 0 unspecified atom stereocenters. The number of piperazine rings is 1. The highest BCUT2D eigenvalue weighted by Gasteiger charge is 2.27. The Morgan fingerprint density at radius 2 is 1.62 bits per heavy atom. The third-order valence-electron chi connectivity index (χ3n) is 4.32. The maximum atomic E-state index is 12.4. The summed E-state index contributed by atoms with van der Waals surface area (Å²) in [5.74, 6) is 0. The summed E-state index contributed by atoms with van der Waals surface area (Å²) in [5, 5.41) is 0. The van der Waals surface area contributed by atoms with Gasteiger partial charge < -0.3 is 19.4 Å². The number of benzene rings is 1. The second-order valence-electron chi connectivity index (χ2n) is 5.78. The predicted octanol–water partition coefficient (Wildman–Crippen LogP) is -0.161. The number of hydrogen-bond donors (Lipinski definition) is 1. The van der Waals surface area contributed by atoms with E-state index in [4.69, 9.17) is 4.74 Å². The van der Waals surface area contributed by atoms with Crippen molar-refractivity contribution in [2.75, 3.05) is 52.5 Å². The van der Waals surface area contributed by atoms with Crippen LogP contribution in [0.3, 0.4) is 0 Å². The van der Waals surface area contributed by atoms with Gasteiger partial charge in [-0.2, -0.15) is 0 Å². The van der Waals surface area contributed by atoms with Crippen LogP contribution in [0, 0.1) is 0 Å². The number of urea groups is 1. The number of carbonyl (C=O) groups excluding carboxylic acids is 1. The quantitative estimate of drug-likeness (QED) is 0.822. The zero-order valence-electron chi connectivity index (χ0n) is 12.5. The van der Waals surface area contributed by atoms with Crippen LogP contribution in [0.25, 0.3) is 0 Å². The van der Waals surface area contributed by atoms with Crippen LogP contribution in [-0.2, 0) is 11.3 Å². The molecule has 5 heteroatoms. The van der Waals surface area contributed by atoms with E-state index in [2.05, 4.69) is 30.3 Å². The molecule has 0 radical (unpaired) electrons. The molecule has 0 bridgehead atoms. The molecule has 21 heavy (non-hydrogen) atoms. The van der Waals surface area contributed by atoms with Crippen LogP contribution in [0.4, 0.5) is 4.79 Å². The summed E-state index contributed by atoms with van der Waals surface area (Å²) in [6.45, 7) is 7.65. The van der Waals surface area contributed by atoms with Gasteiger partial charge in [0.25, 0.3) is 0 Å². The average Bonchev–Trinajstić information content (AvgIpc) is 2.57. The number of rotatable bonds is 2. The first-order chi connectivity index (χ1) is 10.3. The van der Waals surface area contributed by atoms with Gasteiger partial charge in [0.1, 0.15) is 6.54 Å². The fraction of sp³-hybridized carbons (Fsp3) is 0.562. The molecule has 3 rings (SSSR count). The number of quaternary nitrogens is 1. The largest absolute Gasteiger partial charge is 0.378 e. The van der Waals surface area contributed by atoms with E-state index in [1.807, 2.05) is 9.80 Å². The van der Waals surface area contributed by atoms with Gasteiger partial charge in [0.15, 0.2) is 0 Å². The molecule has 0 atom stereocenters. The molecule has 1 N–H and O–H groups in total. The van der Waals surface area contributed by atoms with Gasteiger partial charge in [-0.05, 0) is 0 Å². The van der Waals surface area contributed by atoms with Gasteiger partial charge in [0, 0.05) is 18.7 Å². The second-order valence-corrected chi connectivity index (χ2v) is 5.78. The van der Waals surface area contributed by atoms with E-state index in [0.29, 0.717) is 13.2 Å². The molecule has 2 heterocycles. The number of ether oxygens (including phenoxy) is 1. The predicted molar refractivity (Wildman–Crippen MR) is 80.2 cm³/mol. The summed E-state index contributed by atoms with van der Waals surface area (Å²) in [4.78, 5) is 17.9. The Kier molecular flexibility index (Phi) is 4.72. The molecule has 5 nitrogen and oxygen atoms in total. The van der Waals surface area contributed by atoms with Crippen molar-refractivity contribution in [3.8, 4) is 0 Å². The number of hydrogen-bond acceptors (Lipinski definition) is 2. The first kappa shape index (κ1) is 14.4. The van der Waals surface area contributed by atoms with Crippen molar-refractivity contribution >= 4 is 6.03 Å². The third-order valence-corrected chi connectivity index (χ3v) is 4.32. The highest BCUT2D eigenvalue weighted by Crippen LogP contribution is 2.04. The molecule has 2 aliphatic rings. The number of carbonyl (C=O) groups is 1. The van der Waals surface area contributed by atoms with Crippen LogP contribution in [-0.4, -0.2) is 68.3 Å². The number of morpholine rings is 1. The van der Waals surface area contributed by atoms with Gasteiger partial charge in [-0.25, -0.2) is 4.79 Å². The van der Waals surface area contributed by atoms with Crippen molar-refractivity contribution < 1.29 is 14.4 Å². The van der Waals surface area contributed by atoms with Gasteiger partial charge in [0.2, 0.25) is 0 Å². The number of nitrogens with one attached hydrogen (secondary N) is 1. The minimum atomic E-state index is 0.192. The SMILES string of the molecule is O=C(N1CCOCC1)N1CC[NH+](Cc2ccccc2)CC1. The molecular weight excluding hydrogens is 266 g/mol. The Hall–Kier alpha value is -1.59. The topological polar surface area (TPSA) is 37.2 Å². The Morgan fingerprint density at radius 1 is 1.00 bits per heavy atom. The van der Waals surface area contributed by atoms with E-state index < -0.39 is 0 Å². The standard InChI is InChI=1S/C16H23N3O2/c20-16(19-10-12-21-13-11-19)18-8-6-17(7-9-18)14-15-4-2-1-3-5-15/h1-5H,6-14H2/p+1. The first-order valence-electron chi connectivity index (χ1n) is 7.82. The van der Waals surface area contributed by atoms with Crippen LogP contribution < -0.4 is 4.90 Å². The molecule has 2 fully saturated rings. The summed E-state index contributed by atoms with van der Waals surface area (Å²) in [6.07, 6.45) is 0. The van der Waals surface area contributed by atoms with Crippen LogP contribution in [0.5, 0.6) is 0 Å². The fourth-order valence-electron chi connectivity index (χ4n) is 3.03. The molecule has 2 saturated heterocycles. The minimum Gasteiger partial charge on any atom is -0.378 e. The van der Waals surface area contributed by atoms with E-state index in [9.17, 15) is 4.79 Å². The molecule has 114 valence electrons. The van der Waals surface area contributed by atoms with Crippen molar-refractivity contribution in [3.05, 3.63) is 35.9 Å². The molecule has 1 aromatic rings. The lowest BCUT2D eigenvalue weighted by molar-refractivity contribution is -0.917. The molecule has 0 aliphatic carbocycles. The lowest BCUT2D eigenvalue weighted by Gasteiger charge is -2.36.